The van der Waals surface area contributed by atoms with Crippen LogP contribution in [0.15, 0.2) is 36.4 Å². The molecule has 1 aromatic heterocycles. The van der Waals surface area contributed by atoms with Gasteiger partial charge in [-0.15, -0.1) is 0 Å². The summed E-state index contributed by atoms with van der Waals surface area (Å²) < 4.78 is 5.67. The first kappa shape index (κ1) is 24.2. The molecule has 2 aromatic carbocycles. The van der Waals surface area contributed by atoms with Crippen LogP contribution in [0.5, 0.6) is 5.75 Å². The minimum absolute atomic E-state index is 0.0643. The summed E-state index contributed by atoms with van der Waals surface area (Å²) in [6.45, 7) is 9.79. The number of hydrogen-bond acceptors (Lipinski definition) is 6. The second-order valence-corrected chi connectivity index (χ2v) is 9.51. The standard InChI is InChI=1S/C26H32ClN5O2/c1-17(2)34-21-8-5-19(23(27)16-21)6-10-25(33)29-20-7-9-24-22(15-20)18(3)28-26(30-24)32-13-11-31(4)12-14-32/h5,7-9,15-17H,6,10-14H2,1-4H3,(H,29,33). The zero-order chi connectivity index (χ0) is 24.2. The summed E-state index contributed by atoms with van der Waals surface area (Å²) in [7, 11) is 2.13. The summed E-state index contributed by atoms with van der Waals surface area (Å²) in [5, 5.41) is 4.55. The van der Waals surface area contributed by atoms with Crippen LogP contribution in [0.1, 0.15) is 31.5 Å². The van der Waals surface area contributed by atoms with Crippen LogP contribution in [0.2, 0.25) is 5.02 Å². The van der Waals surface area contributed by atoms with Gasteiger partial charge in [0.2, 0.25) is 11.9 Å². The smallest absolute Gasteiger partial charge is 0.226 e. The van der Waals surface area contributed by atoms with Gasteiger partial charge in [0, 0.05) is 48.7 Å². The van der Waals surface area contributed by atoms with Crippen molar-refractivity contribution in [3.8, 4) is 5.75 Å². The summed E-state index contributed by atoms with van der Waals surface area (Å²) in [5.74, 6) is 1.44. The molecule has 2 heterocycles. The van der Waals surface area contributed by atoms with E-state index < -0.39 is 0 Å². The number of likely N-dealkylation sites (N-methyl/N-ethyl adjacent to an activating group) is 1. The van der Waals surface area contributed by atoms with Crippen molar-refractivity contribution in [2.75, 3.05) is 43.4 Å². The molecule has 180 valence electrons. The average molecular weight is 482 g/mol. The molecule has 1 aliphatic heterocycles. The molecular formula is C26H32ClN5O2. The first-order valence-electron chi connectivity index (χ1n) is 11.8. The van der Waals surface area contributed by atoms with Crippen molar-refractivity contribution in [2.24, 2.45) is 0 Å². The van der Waals surface area contributed by atoms with Crippen LogP contribution in [0, 0.1) is 6.92 Å². The maximum atomic E-state index is 12.6. The maximum absolute atomic E-state index is 12.6. The number of anilines is 2. The highest BCUT2D eigenvalue weighted by molar-refractivity contribution is 6.31. The number of hydrogen-bond donors (Lipinski definition) is 1. The molecule has 3 aromatic rings. The van der Waals surface area contributed by atoms with E-state index in [-0.39, 0.29) is 12.0 Å². The summed E-state index contributed by atoms with van der Waals surface area (Å²) >= 11 is 6.38. The van der Waals surface area contributed by atoms with Crippen LogP contribution < -0.4 is 15.0 Å². The van der Waals surface area contributed by atoms with Gasteiger partial charge < -0.3 is 19.9 Å². The van der Waals surface area contributed by atoms with E-state index >= 15 is 0 Å². The van der Waals surface area contributed by atoms with E-state index in [1.165, 1.54) is 0 Å². The Morgan fingerprint density at radius 2 is 1.88 bits per heavy atom. The van der Waals surface area contributed by atoms with Gasteiger partial charge in [0.15, 0.2) is 0 Å². The quantitative estimate of drug-likeness (QED) is 0.527. The van der Waals surface area contributed by atoms with Crippen molar-refractivity contribution in [3.05, 3.63) is 52.7 Å². The van der Waals surface area contributed by atoms with E-state index in [9.17, 15) is 4.79 Å². The largest absolute Gasteiger partial charge is 0.491 e. The van der Waals surface area contributed by atoms with Gasteiger partial charge in [0.25, 0.3) is 0 Å². The molecule has 0 radical (unpaired) electrons. The maximum Gasteiger partial charge on any atom is 0.226 e. The molecule has 0 saturated carbocycles. The molecule has 34 heavy (non-hydrogen) atoms. The molecule has 1 N–H and O–H groups in total. The lowest BCUT2D eigenvalue weighted by molar-refractivity contribution is -0.116. The second kappa shape index (κ2) is 10.6. The highest BCUT2D eigenvalue weighted by Crippen LogP contribution is 2.26. The second-order valence-electron chi connectivity index (χ2n) is 9.10. The van der Waals surface area contributed by atoms with Crippen LogP contribution in [0.3, 0.4) is 0 Å². The number of carbonyl (C=O) groups is 1. The zero-order valence-electron chi connectivity index (χ0n) is 20.3. The zero-order valence-corrected chi connectivity index (χ0v) is 21.0. The molecule has 4 rings (SSSR count). The number of benzene rings is 2. The van der Waals surface area contributed by atoms with E-state index in [1.54, 1.807) is 6.07 Å². The average Bonchev–Trinajstić information content (AvgIpc) is 2.79. The van der Waals surface area contributed by atoms with E-state index in [1.807, 2.05) is 51.1 Å². The minimum atomic E-state index is -0.0643. The highest BCUT2D eigenvalue weighted by Gasteiger charge is 2.18. The molecule has 8 heteroatoms. The molecule has 0 spiro atoms. The van der Waals surface area contributed by atoms with Crippen molar-refractivity contribution in [2.45, 2.75) is 39.7 Å². The number of aromatic nitrogens is 2. The number of rotatable bonds is 7. The molecule has 1 amide bonds. The number of nitrogens with one attached hydrogen (secondary N) is 1. The number of amides is 1. The molecule has 1 fully saturated rings. The Morgan fingerprint density at radius 1 is 1.12 bits per heavy atom. The van der Waals surface area contributed by atoms with Gasteiger partial charge in [-0.3, -0.25) is 4.79 Å². The summed E-state index contributed by atoms with van der Waals surface area (Å²) in [6, 6.07) is 11.4. The van der Waals surface area contributed by atoms with Crippen LogP contribution in [0.25, 0.3) is 10.9 Å². The van der Waals surface area contributed by atoms with Gasteiger partial charge in [-0.2, -0.15) is 0 Å². The normalized spacial score (nSPS) is 14.6. The van der Waals surface area contributed by atoms with Crippen LogP contribution in [0.4, 0.5) is 11.6 Å². The van der Waals surface area contributed by atoms with Gasteiger partial charge in [-0.1, -0.05) is 17.7 Å². The topological polar surface area (TPSA) is 70.6 Å². The highest BCUT2D eigenvalue weighted by atomic mass is 35.5. The lowest BCUT2D eigenvalue weighted by Crippen LogP contribution is -2.45. The molecule has 0 atom stereocenters. The number of carbonyl (C=O) groups excluding carboxylic acids is 1. The number of aryl methyl sites for hydroxylation is 2. The lowest BCUT2D eigenvalue weighted by atomic mass is 10.1. The first-order chi connectivity index (χ1) is 16.3. The molecular weight excluding hydrogens is 450 g/mol. The number of ether oxygens (including phenoxy) is 1. The SMILES string of the molecule is Cc1nc(N2CCN(C)CC2)nc2ccc(NC(=O)CCc3ccc(OC(C)C)cc3Cl)cc12. The molecule has 7 nitrogen and oxygen atoms in total. The predicted octanol–water partition coefficient (Wildman–Crippen LogP) is 4.70. The van der Waals surface area contributed by atoms with Gasteiger partial charge in [0.1, 0.15) is 5.75 Å². The molecule has 0 bridgehead atoms. The number of nitrogens with zero attached hydrogens (tertiary/aromatic N) is 4. The number of fused-ring (bicyclic) bond motifs is 1. The summed E-state index contributed by atoms with van der Waals surface area (Å²) in [4.78, 5) is 26.7. The monoisotopic (exact) mass is 481 g/mol. The molecule has 1 saturated heterocycles. The van der Waals surface area contributed by atoms with Gasteiger partial charge in [0.05, 0.1) is 17.3 Å². The third-order valence-electron chi connectivity index (χ3n) is 5.96. The van der Waals surface area contributed by atoms with Crippen LogP contribution in [-0.2, 0) is 11.2 Å². The summed E-state index contributed by atoms with van der Waals surface area (Å²) in [5.41, 5.74) is 3.45. The fourth-order valence-electron chi connectivity index (χ4n) is 4.04. The Kier molecular flexibility index (Phi) is 7.54. The number of piperazine rings is 1. The Hall–Kier alpha value is -2.90. The van der Waals surface area contributed by atoms with Crippen molar-refractivity contribution in [1.82, 2.24) is 14.9 Å². The van der Waals surface area contributed by atoms with Gasteiger partial charge >= 0.3 is 0 Å². The third kappa shape index (κ3) is 5.96. The van der Waals surface area contributed by atoms with E-state index in [2.05, 4.69) is 22.2 Å². The molecule has 0 aliphatic carbocycles. The van der Waals surface area contributed by atoms with Gasteiger partial charge in [-0.05, 0) is 70.1 Å². The minimum Gasteiger partial charge on any atom is -0.491 e. The Labute approximate surface area is 206 Å². The molecule has 0 unspecified atom stereocenters. The predicted molar refractivity (Wildman–Crippen MR) is 138 cm³/mol. The van der Waals surface area contributed by atoms with Crippen LogP contribution in [-0.4, -0.2) is 60.1 Å². The molecule has 1 aliphatic rings. The van der Waals surface area contributed by atoms with Crippen molar-refractivity contribution < 1.29 is 9.53 Å². The summed E-state index contributed by atoms with van der Waals surface area (Å²) in [6.07, 6.45) is 0.971. The third-order valence-corrected chi connectivity index (χ3v) is 6.31. The Balaban J connectivity index is 1.39. The van der Waals surface area contributed by atoms with Crippen molar-refractivity contribution in [3.63, 3.8) is 0 Å². The fraction of sp³-hybridized carbons (Fsp3) is 0.423. The lowest BCUT2D eigenvalue weighted by Gasteiger charge is -2.32. The van der Waals surface area contributed by atoms with Crippen LogP contribution >= 0.6 is 11.6 Å². The fourth-order valence-corrected chi connectivity index (χ4v) is 4.30. The van der Waals surface area contributed by atoms with Crippen molar-refractivity contribution in [1.29, 1.82) is 0 Å². The van der Waals surface area contributed by atoms with E-state index in [0.717, 1.165) is 65.7 Å². The van der Waals surface area contributed by atoms with E-state index in [0.29, 0.717) is 17.9 Å². The Bertz CT molecular complexity index is 1180. The van der Waals surface area contributed by atoms with E-state index in [4.69, 9.17) is 26.3 Å². The Morgan fingerprint density at radius 3 is 2.59 bits per heavy atom. The van der Waals surface area contributed by atoms with Crippen molar-refractivity contribution >= 4 is 40.0 Å². The number of halogens is 1. The van der Waals surface area contributed by atoms with Gasteiger partial charge in [-0.25, -0.2) is 9.97 Å². The first-order valence-corrected chi connectivity index (χ1v) is 12.1.